The van der Waals surface area contributed by atoms with Crippen molar-refractivity contribution in [2.75, 3.05) is 5.32 Å². The fraction of sp³-hybridized carbons (Fsp3) is 0.167. The van der Waals surface area contributed by atoms with Crippen LogP contribution in [0.15, 0.2) is 33.8 Å². The van der Waals surface area contributed by atoms with Crippen molar-refractivity contribution in [3.8, 4) is 0 Å². The predicted octanol–water partition coefficient (Wildman–Crippen LogP) is 2.67. The maximum Gasteiger partial charge on any atom is 0.261 e. The van der Waals surface area contributed by atoms with Gasteiger partial charge in [-0.15, -0.1) is 0 Å². The van der Waals surface area contributed by atoms with E-state index in [1.54, 1.807) is 24.9 Å². The highest BCUT2D eigenvalue weighted by Crippen LogP contribution is 2.27. The van der Waals surface area contributed by atoms with Gasteiger partial charge in [0.05, 0.1) is 21.8 Å². The summed E-state index contributed by atoms with van der Waals surface area (Å²) >= 11 is 3.21. The molecule has 2 rings (SSSR count). The molecule has 6 nitrogen and oxygen atoms in total. The zero-order valence-corrected chi connectivity index (χ0v) is 14.3. The van der Waals surface area contributed by atoms with Gasteiger partial charge in [-0.1, -0.05) is 0 Å². The number of nitrogens with zero attached hydrogens (tertiary/aromatic N) is 2. The number of benzene rings is 1. The van der Waals surface area contributed by atoms with Crippen molar-refractivity contribution in [2.45, 2.75) is 11.8 Å². The lowest BCUT2D eigenvalue weighted by molar-refractivity contribution is 0.102. The first kappa shape index (κ1) is 16.0. The van der Waals surface area contributed by atoms with E-state index in [1.807, 2.05) is 0 Å². The Kier molecular flexibility index (Phi) is 4.40. The second-order valence-electron chi connectivity index (χ2n) is 4.34. The smallest absolute Gasteiger partial charge is 0.261 e. The van der Waals surface area contributed by atoms with Crippen LogP contribution in [0.25, 0.3) is 0 Å². The number of aryl methyl sites for hydroxylation is 2. The van der Waals surface area contributed by atoms with E-state index < -0.39 is 9.05 Å². The number of hydrogen-bond acceptors (Lipinski definition) is 4. The third-order valence-electron chi connectivity index (χ3n) is 2.73. The number of carbonyl (C=O) groups is 1. The van der Waals surface area contributed by atoms with E-state index in [9.17, 15) is 13.2 Å². The van der Waals surface area contributed by atoms with Crippen molar-refractivity contribution < 1.29 is 13.2 Å². The van der Waals surface area contributed by atoms with Gasteiger partial charge in [-0.25, -0.2) is 8.42 Å². The standard InChI is InChI=1S/C12H11BrClN3O3S/c1-7-9(6-17(2)16-7)12(18)15-11-4-3-8(5-10(11)13)21(14,19)20/h3-6H,1-2H3,(H,15,18). The first-order valence-electron chi connectivity index (χ1n) is 5.74. The van der Waals surface area contributed by atoms with E-state index in [-0.39, 0.29) is 10.8 Å². The van der Waals surface area contributed by atoms with Crippen molar-refractivity contribution in [2.24, 2.45) is 7.05 Å². The van der Waals surface area contributed by atoms with Gasteiger partial charge >= 0.3 is 0 Å². The fourth-order valence-corrected chi connectivity index (χ4v) is 3.17. The van der Waals surface area contributed by atoms with Crippen molar-refractivity contribution in [1.82, 2.24) is 9.78 Å². The Bertz CT molecular complexity index is 817. The van der Waals surface area contributed by atoms with Crippen LogP contribution in [0, 0.1) is 6.92 Å². The lowest BCUT2D eigenvalue weighted by Crippen LogP contribution is -2.13. The molecule has 1 N–H and O–H groups in total. The Labute approximate surface area is 134 Å². The molecule has 0 spiro atoms. The SMILES string of the molecule is Cc1nn(C)cc1C(=O)Nc1ccc(S(=O)(=O)Cl)cc1Br. The van der Waals surface area contributed by atoms with Crippen LogP contribution in [0.5, 0.6) is 0 Å². The first-order valence-corrected chi connectivity index (χ1v) is 8.84. The fourth-order valence-electron chi connectivity index (χ4n) is 1.76. The monoisotopic (exact) mass is 391 g/mol. The highest BCUT2D eigenvalue weighted by Gasteiger charge is 2.16. The zero-order valence-electron chi connectivity index (χ0n) is 11.1. The molecule has 112 valence electrons. The number of hydrogen-bond donors (Lipinski definition) is 1. The Balaban J connectivity index is 2.28. The summed E-state index contributed by atoms with van der Waals surface area (Å²) in [5, 5.41) is 6.77. The van der Waals surface area contributed by atoms with Crippen LogP contribution in [0.2, 0.25) is 0 Å². The summed E-state index contributed by atoms with van der Waals surface area (Å²) in [6.45, 7) is 1.73. The third kappa shape index (κ3) is 3.63. The Morgan fingerprint density at radius 1 is 1.43 bits per heavy atom. The van der Waals surface area contributed by atoms with Crippen LogP contribution in [0.1, 0.15) is 16.1 Å². The van der Waals surface area contributed by atoms with Gasteiger partial charge in [0.15, 0.2) is 0 Å². The average Bonchev–Trinajstić information content (AvgIpc) is 2.69. The number of amides is 1. The lowest BCUT2D eigenvalue weighted by Gasteiger charge is -2.07. The molecule has 21 heavy (non-hydrogen) atoms. The summed E-state index contributed by atoms with van der Waals surface area (Å²) < 4.78 is 24.4. The van der Waals surface area contributed by atoms with Crippen LogP contribution in [-0.4, -0.2) is 24.1 Å². The molecule has 0 radical (unpaired) electrons. The Morgan fingerprint density at radius 2 is 2.10 bits per heavy atom. The van der Waals surface area contributed by atoms with E-state index in [2.05, 4.69) is 26.3 Å². The van der Waals surface area contributed by atoms with Crippen LogP contribution >= 0.6 is 26.6 Å². The van der Waals surface area contributed by atoms with Gasteiger partial charge in [0, 0.05) is 28.4 Å². The van der Waals surface area contributed by atoms with E-state index in [1.165, 1.54) is 18.2 Å². The number of nitrogens with one attached hydrogen (secondary N) is 1. The highest BCUT2D eigenvalue weighted by molar-refractivity contribution is 9.10. The molecule has 1 aromatic carbocycles. The van der Waals surface area contributed by atoms with E-state index in [0.717, 1.165) is 0 Å². The van der Waals surface area contributed by atoms with Crippen LogP contribution in [0.4, 0.5) is 5.69 Å². The maximum absolute atomic E-state index is 12.2. The number of halogens is 2. The van der Waals surface area contributed by atoms with Gasteiger partial charge in [0.2, 0.25) is 0 Å². The molecular weight excluding hydrogens is 382 g/mol. The molecule has 1 amide bonds. The third-order valence-corrected chi connectivity index (χ3v) is 4.74. The molecule has 0 atom stereocenters. The highest BCUT2D eigenvalue weighted by atomic mass is 79.9. The van der Waals surface area contributed by atoms with Crippen molar-refractivity contribution in [3.63, 3.8) is 0 Å². The van der Waals surface area contributed by atoms with Gasteiger partial charge in [-0.05, 0) is 41.1 Å². The summed E-state index contributed by atoms with van der Waals surface area (Å²) in [5.74, 6) is -0.331. The Morgan fingerprint density at radius 3 is 2.57 bits per heavy atom. The summed E-state index contributed by atoms with van der Waals surface area (Å²) in [7, 11) is 3.17. The second-order valence-corrected chi connectivity index (χ2v) is 7.76. The summed E-state index contributed by atoms with van der Waals surface area (Å²) in [5.41, 5.74) is 1.48. The number of anilines is 1. The molecule has 9 heteroatoms. The average molecular weight is 393 g/mol. The van der Waals surface area contributed by atoms with Gasteiger partial charge < -0.3 is 5.32 Å². The number of rotatable bonds is 3. The normalized spacial score (nSPS) is 11.4. The Hall–Kier alpha value is -1.38. The van der Waals surface area contributed by atoms with Crippen LogP contribution < -0.4 is 5.32 Å². The molecule has 0 saturated carbocycles. The molecule has 0 saturated heterocycles. The summed E-state index contributed by atoms with van der Waals surface area (Å²) in [4.78, 5) is 12.1. The lowest BCUT2D eigenvalue weighted by atomic mass is 10.2. The molecule has 2 aromatic rings. The predicted molar refractivity (Wildman–Crippen MR) is 83.1 cm³/mol. The van der Waals surface area contributed by atoms with Crippen molar-refractivity contribution in [3.05, 3.63) is 40.1 Å². The molecule has 0 bridgehead atoms. The van der Waals surface area contributed by atoms with Crippen LogP contribution in [-0.2, 0) is 16.1 Å². The second kappa shape index (κ2) is 5.78. The zero-order chi connectivity index (χ0) is 15.8. The number of aromatic nitrogens is 2. The molecule has 1 heterocycles. The summed E-state index contributed by atoms with van der Waals surface area (Å²) in [6, 6.07) is 4.11. The van der Waals surface area contributed by atoms with Crippen molar-refractivity contribution >= 4 is 47.3 Å². The first-order chi connectivity index (χ1) is 9.68. The van der Waals surface area contributed by atoms with E-state index in [4.69, 9.17) is 10.7 Å². The van der Waals surface area contributed by atoms with Gasteiger partial charge in [0.25, 0.3) is 15.0 Å². The van der Waals surface area contributed by atoms with Gasteiger partial charge in [-0.2, -0.15) is 5.10 Å². The maximum atomic E-state index is 12.2. The van der Waals surface area contributed by atoms with E-state index >= 15 is 0 Å². The molecule has 0 unspecified atom stereocenters. The van der Waals surface area contributed by atoms with Gasteiger partial charge in [0.1, 0.15) is 0 Å². The summed E-state index contributed by atoms with van der Waals surface area (Å²) in [6.07, 6.45) is 1.61. The molecular formula is C12H11BrClN3O3S. The minimum Gasteiger partial charge on any atom is -0.321 e. The van der Waals surface area contributed by atoms with E-state index in [0.29, 0.717) is 21.4 Å². The topological polar surface area (TPSA) is 81.1 Å². The molecule has 0 aliphatic rings. The quantitative estimate of drug-likeness (QED) is 0.814. The number of carbonyl (C=O) groups excluding carboxylic acids is 1. The largest absolute Gasteiger partial charge is 0.321 e. The molecule has 0 aliphatic carbocycles. The minimum absolute atomic E-state index is 0.0494. The van der Waals surface area contributed by atoms with Crippen LogP contribution in [0.3, 0.4) is 0 Å². The molecule has 1 aromatic heterocycles. The van der Waals surface area contributed by atoms with Crippen molar-refractivity contribution in [1.29, 1.82) is 0 Å². The molecule has 0 aliphatic heterocycles. The minimum atomic E-state index is -3.81. The van der Waals surface area contributed by atoms with Gasteiger partial charge in [-0.3, -0.25) is 9.48 Å². The molecule has 0 fully saturated rings.